The summed E-state index contributed by atoms with van der Waals surface area (Å²) in [7, 11) is 0. The molecule has 0 saturated heterocycles. The van der Waals surface area contributed by atoms with Crippen LogP contribution in [-0.2, 0) is 12.8 Å². The van der Waals surface area contributed by atoms with Crippen LogP contribution in [0.4, 0.5) is 11.4 Å². The molecule has 0 saturated carbocycles. The number of hydrogen-bond donors (Lipinski definition) is 0. The molecule has 4 aromatic rings. The third-order valence-corrected chi connectivity index (χ3v) is 8.23. The lowest BCUT2D eigenvalue weighted by molar-refractivity contribution is 1.31. The molecule has 0 fully saturated rings. The molecule has 4 aliphatic rings. The van der Waals surface area contributed by atoms with Gasteiger partial charge in [-0.25, -0.2) is 0 Å². The molecule has 180 valence electrons. The standard InChI is InChI=1S/C36H26N2/c1-3-7-23(8-4-1)25-11-13-27(15-25)33-21-31-17-29-20-36-32(18-30(29)19-35(31)37-33)22-34(38-36)28-14-12-26(16-28)24-9-5-2-6-10-24/h1-14,17-20H,15-16,21-22H2. The fraction of sp³-hybridized carbons (Fsp3) is 0.111. The van der Waals surface area contributed by atoms with Crippen molar-refractivity contribution in [1.29, 1.82) is 0 Å². The van der Waals surface area contributed by atoms with Crippen LogP contribution in [0.1, 0.15) is 35.1 Å². The van der Waals surface area contributed by atoms with Crippen LogP contribution >= 0.6 is 0 Å². The minimum absolute atomic E-state index is 0.902. The van der Waals surface area contributed by atoms with Crippen LogP contribution in [0.3, 0.4) is 0 Å². The van der Waals surface area contributed by atoms with E-state index in [4.69, 9.17) is 9.98 Å². The average Bonchev–Trinajstić information content (AvgIpc) is 3.76. The summed E-state index contributed by atoms with van der Waals surface area (Å²) < 4.78 is 0. The Morgan fingerprint density at radius 2 is 0.842 bits per heavy atom. The molecular weight excluding hydrogens is 460 g/mol. The van der Waals surface area contributed by atoms with E-state index in [1.165, 1.54) is 66.7 Å². The van der Waals surface area contributed by atoms with Crippen LogP contribution in [0, 0.1) is 0 Å². The normalized spacial score (nSPS) is 17.5. The number of hydrogen-bond acceptors (Lipinski definition) is 2. The third kappa shape index (κ3) is 3.64. The first-order chi connectivity index (χ1) is 18.8. The van der Waals surface area contributed by atoms with Gasteiger partial charge in [0.25, 0.3) is 0 Å². The van der Waals surface area contributed by atoms with E-state index in [9.17, 15) is 0 Å². The monoisotopic (exact) mass is 486 g/mol. The van der Waals surface area contributed by atoms with Crippen molar-refractivity contribution in [2.45, 2.75) is 25.7 Å². The molecule has 0 atom stereocenters. The molecule has 0 radical (unpaired) electrons. The predicted molar refractivity (Wildman–Crippen MR) is 160 cm³/mol. The summed E-state index contributed by atoms with van der Waals surface area (Å²) in [5.74, 6) is 0. The van der Waals surface area contributed by atoms with Crippen molar-refractivity contribution in [3.05, 3.63) is 143 Å². The third-order valence-electron chi connectivity index (χ3n) is 8.23. The van der Waals surface area contributed by atoms with Crippen molar-refractivity contribution in [3.8, 4) is 0 Å². The van der Waals surface area contributed by atoms with E-state index in [0.29, 0.717) is 0 Å². The number of benzene rings is 4. The van der Waals surface area contributed by atoms with E-state index < -0.39 is 0 Å². The summed E-state index contributed by atoms with van der Waals surface area (Å²) in [6.45, 7) is 0. The van der Waals surface area contributed by atoms with E-state index in [2.05, 4.69) is 109 Å². The van der Waals surface area contributed by atoms with Gasteiger partial charge in [-0.1, -0.05) is 85.0 Å². The average molecular weight is 487 g/mol. The van der Waals surface area contributed by atoms with E-state index in [0.717, 1.165) is 37.1 Å². The molecule has 2 heteroatoms. The maximum atomic E-state index is 5.09. The quantitative estimate of drug-likeness (QED) is 0.275. The molecule has 38 heavy (non-hydrogen) atoms. The van der Waals surface area contributed by atoms with Gasteiger partial charge in [0.1, 0.15) is 0 Å². The Bertz CT molecular complexity index is 1690. The molecule has 8 rings (SSSR count). The van der Waals surface area contributed by atoms with Crippen molar-refractivity contribution in [2.24, 2.45) is 9.98 Å². The number of rotatable bonds is 4. The molecule has 2 aliphatic carbocycles. The molecule has 0 spiro atoms. The first kappa shape index (κ1) is 21.5. The molecule has 0 aromatic heterocycles. The Labute approximate surface area is 222 Å². The Kier molecular flexibility index (Phi) is 4.81. The maximum Gasteiger partial charge on any atom is 0.0675 e. The van der Waals surface area contributed by atoms with Crippen LogP contribution in [0.2, 0.25) is 0 Å². The number of allylic oxidation sites excluding steroid dienone is 8. The zero-order valence-electron chi connectivity index (χ0n) is 21.1. The largest absolute Gasteiger partial charge is 0.252 e. The number of nitrogens with zero attached hydrogens (tertiary/aromatic N) is 2. The van der Waals surface area contributed by atoms with Gasteiger partial charge in [-0.2, -0.15) is 0 Å². The van der Waals surface area contributed by atoms with Crippen molar-refractivity contribution >= 4 is 44.7 Å². The van der Waals surface area contributed by atoms with E-state index >= 15 is 0 Å². The lowest BCUT2D eigenvalue weighted by Crippen LogP contribution is -2.01. The summed E-state index contributed by atoms with van der Waals surface area (Å²) in [6.07, 6.45) is 12.7. The smallest absolute Gasteiger partial charge is 0.0675 e. The van der Waals surface area contributed by atoms with Gasteiger partial charge in [0, 0.05) is 24.3 Å². The zero-order valence-corrected chi connectivity index (χ0v) is 21.1. The summed E-state index contributed by atoms with van der Waals surface area (Å²) >= 11 is 0. The SMILES string of the molecule is C1=C(C2=Nc3cc4cc5c(cc4cc3C2)N=C(C2=CC=C(c3ccccc3)C2)C5)CC(c2ccccc2)=C1. The lowest BCUT2D eigenvalue weighted by atomic mass is 9.96. The van der Waals surface area contributed by atoms with Gasteiger partial charge in [-0.3, -0.25) is 9.98 Å². The van der Waals surface area contributed by atoms with Crippen LogP contribution in [0.5, 0.6) is 0 Å². The van der Waals surface area contributed by atoms with Crippen molar-refractivity contribution in [3.63, 3.8) is 0 Å². The topological polar surface area (TPSA) is 24.7 Å². The van der Waals surface area contributed by atoms with Gasteiger partial charge >= 0.3 is 0 Å². The van der Waals surface area contributed by atoms with Crippen molar-refractivity contribution < 1.29 is 0 Å². The van der Waals surface area contributed by atoms with E-state index in [-0.39, 0.29) is 0 Å². The summed E-state index contributed by atoms with van der Waals surface area (Å²) in [5, 5.41) is 2.52. The predicted octanol–water partition coefficient (Wildman–Crippen LogP) is 8.92. The molecular formula is C36H26N2. The highest BCUT2D eigenvalue weighted by Gasteiger charge is 2.24. The molecule has 0 unspecified atom stereocenters. The Hall–Kier alpha value is -4.56. The second kappa shape index (κ2) is 8.49. The lowest BCUT2D eigenvalue weighted by Gasteiger charge is -2.06. The van der Waals surface area contributed by atoms with Gasteiger partial charge < -0.3 is 0 Å². The minimum atomic E-state index is 0.902. The van der Waals surface area contributed by atoms with Gasteiger partial charge in [0.15, 0.2) is 0 Å². The molecule has 0 bridgehead atoms. The minimum Gasteiger partial charge on any atom is -0.252 e. The second-order valence-electron chi connectivity index (χ2n) is 10.6. The second-order valence-corrected chi connectivity index (χ2v) is 10.6. The van der Waals surface area contributed by atoms with Gasteiger partial charge in [0.05, 0.1) is 11.4 Å². The summed E-state index contributed by atoms with van der Waals surface area (Å²) in [4.78, 5) is 10.2. The van der Waals surface area contributed by atoms with E-state index in [1.54, 1.807) is 0 Å². The van der Waals surface area contributed by atoms with Crippen molar-refractivity contribution in [2.75, 3.05) is 0 Å². The maximum absolute atomic E-state index is 5.09. The molecule has 4 aromatic carbocycles. The van der Waals surface area contributed by atoms with Gasteiger partial charge in [0.2, 0.25) is 0 Å². The fourth-order valence-corrected chi connectivity index (χ4v) is 6.16. The highest BCUT2D eigenvalue weighted by atomic mass is 14.8. The highest BCUT2D eigenvalue weighted by Crippen LogP contribution is 2.41. The van der Waals surface area contributed by atoms with E-state index in [1.807, 2.05) is 0 Å². The molecule has 2 aliphatic heterocycles. The first-order valence-corrected chi connectivity index (χ1v) is 13.4. The Morgan fingerprint density at radius 1 is 0.421 bits per heavy atom. The summed E-state index contributed by atoms with van der Waals surface area (Å²) in [5.41, 5.74) is 15.3. The number of aliphatic imine (C=N–C) groups is 2. The van der Waals surface area contributed by atoms with Crippen molar-refractivity contribution in [1.82, 2.24) is 0 Å². The fourth-order valence-electron chi connectivity index (χ4n) is 6.16. The first-order valence-electron chi connectivity index (χ1n) is 13.4. The summed E-state index contributed by atoms with van der Waals surface area (Å²) in [6, 6.07) is 30.6. The molecule has 0 N–H and O–H groups in total. The molecule has 0 amide bonds. The Balaban J connectivity index is 1.01. The molecule has 2 heterocycles. The van der Waals surface area contributed by atoms with Crippen LogP contribution in [0.15, 0.2) is 130 Å². The highest BCUT2D eigenvalue weighted by molar-refractivity contribution is 6.12. The zero-order chi connectivity index (χ0) is 25.1. The van der Waals surface area contributed by atoms with Crippen LogP contribution in [-0.4, -0.2) is 11.4 Å². The number of fused-ring (bicyclic) bond motifs is 3. The van der Waals surface area contributed by atoms with Crippen LogP contribution in [0.25, 0.3) is 21.9 Å². The van der Waals surface area contributed by atoms with Crippen LogP contribution < -0.4 is 0 Å². The van der Waals surface area contributed by atoms with Gasteiger partial charge in [-0.15, -0.1) is 0 Å². The Morgan fingerprint density at radius 3 is 1.29 bits per heavy atom. The molecule has 2 nitrogen and oxygen atoms in total. The van der Waals surface area contributed by atoms with Gasteiger partial charge in [-0.05, 0) is 92.4 Å².